The Morgan fingerprint density at radius 3 is 2.58 bits per heavy atom. The number of fused-ring (bicyclic) bond motifs is 1. The number of non-ortho nitro benzene ring substituents is 1. The Hall–Kier alpha value is -2.29. The van der Waals surface area contributed by atoms with Crippen molar-refractivity contribution in [1.29, 1.82) is 0 Å². The number of hydrogen-bond acceptors (Lipinski definition) is 6. The standard InChI is InChI=1S/C15H16N2O6S/c1-15(2)13(16-11(18)7-12(16)24(15)22)14(19)23-8-9-3-5-10(6-4-9)17(20)21/h3-6,12-13H,7-8H2,1-2H3/t12-,13?,24?/m0/s1. The first-order valence-electron chi connectivity index (χ1n) is 7.35. The van der Waals surface area contributed by atoms with Crippen LogP contribution in [0.4, 0.5) is 5.69 Å². The molecule has 0 aromatic heterocycles. The average Bonchev–Trinajstić information content (AvgIpc) is 2.69. The molecule has 0 spiro atoms. The number of benzene rings is 1. The van der Waals surface area contributed by atoms with Crippen LogP contribution in [0.25, 0.3) is 0 Å². The zero-order valence-corrected chi connectivity index (χ0v) is 13.9. The van der Waals surface area contributed by atoms with Crippen molar-refractivity contribution in [3.63, 3.8) is 0 Å². The Bertz CT molecular complexity index is 745. The third-order valence-electron chi connectivity index (χ3n) is 4.40. The summed E-state index contributed by atoms with van der Waals surface area (Å²) in [6, 6.07) is 4.78. The van der Waals surface area contributed by atoms with Gasteiger partial charge < -0.3 is 9.64 Å². The molecule has 128 valence electrons. The van der Waals surface area contributed by atoms with Gasteiger partial charge in [0, 0.05) is 12.1 Å². The quantitative estimate of drug-likeness (QED) is 0.348. The van der Waals surface area contributed by atoms with E-state index < -0.39 is 37.9 Å². The number of hydrogen-bond donors (Lipinski definition) is 0. The van der Waals surface area contributed by atoms with Crippen LogP contribution < -0.4 is 0 Å². The van der Waals surface area contributed by atoms with E-state index in [9.17, 15) is 23.9 Å². The third-order valence-corrected chi connectivity index (χ3v) is 6.55. The Balaban J connectivity index is 1.69. The highest BCUT2D eigenvalue weighted by molar-refractivity contribution is 7.87. The summed E-state index contributed by atoms with van der Waals surface area (Å²) in [6.07, 6.45) is 0.197. The molecule has 0 N–H and O–H groups in total. The van der Waals surface area contributed by atoms with E-state index in [1.807, 2.05) is 0 Å². The van der Waals surface area contributed by atoms with E-state index in [1.54, 1.807) is 13.8 Å². The molecule has 24 heavy (non-hydrogen) atoms. The van der Waals surface area contributed by atoms with Gasteiger partial charge >= 0.3 is 5.97 Å². The van der Waals surface area contributed by atoms with E-state index in [-0.39, 0.29) is 24.6 Å². The highest BCUT2D eigenvalue weighted by Crippen LogP contribution is 2.43. The maximum Gasteiger partial charge on any atom is 0.330 e. The largest absolute Gasteiger partial charge is 0.459 e. The average molecular weight is 352 g/mol. The number of esters is 1. The summed E-state index contributed by atoms with van der Waals surface area (Å²) >= 11 is 0. The molecule has 3 rings (SSSR count). The monoisotopic (exact) mass is 352 g/mol. The number of rotatable bonds is 4. The van der Waals surface area contributed by atoms with Crippen molar-refractivity contribution < 1.29 is 23.5 Å². The summed E-state index contributed by atoms with van der Waals surface area (Å²) in [7, 11) is -1.32. The normalized spacial score (nSPS) is 27.3. The van der Waals surface area contributed by atoms with Crippen LogP contribution in [0.5, 0.6) is 0 Å². The van der Waals surface area contributed by atoms with Crippen LogP contribution in [-0.4, -0.2) is 42.1 Å². The van der Waals surface area contributed by atoms with Crippen molar-refractivity contribution in [2.45, 2.75) is 43.0 Å². The summed E-state index contributed by atoms with van der Waals surface area (Å²) in [5, 5.41) is 10.2. The molecular weight excluding hydrogens is 336 g/mol. The second-order valence-electron chi connectivity index (χ2n) is 6.29. The molecule has 0 aliphatic carbocycles. The van der Waals surface area contributed by atoms with Crippen molar-refractivity contribution in [1.82, 2.24) is 4.90 Å². The molecule has 2 aliphatic heterocycles. The maximum atomic E-state index is 12.4. The first-order valence-corrected chi connectivity index (χ1v) is 8.56. The minimum atomic E-state index is -1.32. The number of nitrogens with zero attached hydrogens (tertiary/aromatic N) is 2. The molecule has 8 nitrogen and oxygen atoms in total. The second kappa shape index (κ2) is 5.66. The molecule has 1 aromatic rings. The van der Waals surface area contributed by atoms with Gasteiger partial charge in [-0.05, 0) is 31.5 Å². The van der Waals surface area contributed by atoms with Gasteiger partial charge in [0.05, 0.1) is 26.9 Å². The van der Waals surface area contributed by atoms with Crippen molar-refractivity contribution in [3.8, 4) is 0 Å². The number of carbonyl (C=O) groups is 2. The van der Waals surface area contributed by atoms with E-state index in [0.29, 0.717) is 5.56 Å². The lowest BCUT2D eigenvalue weighted by atomic mass is 9.98. The molecule has 1 aromatic carbocycles. The second-order valence-corrected chi connectivity index (χ2v) is 8.49. The summed E-state index contributed by atoms with van der Waals surface area (Å²) in [6.45, 7) is 3.31. The van der Waals surface area contributed by atoms with Gasteiger partial charge in [0.1, 0.15) is 18.0 Å². The van der Waals surface area contributed by atoms with E-state index in [2.05, 4.69) is 0 Å². The molecule has 9 heteroatoms. The number of amides is 1. The first-order chi connectivity index (χ1) is 11.2. The molecule has 2 fully saturated rings. The summed E-state index contributed by atoms with van der Waals surface area (Å²) in [5.74, 6) is -0.807. The Morgan fingerprint density at radius 1 is 1.42 bits per heavy atom. The highest BCUT2D eigenvalue weighted by Gasteiger charge is 2.63. The number of ether oxygens (including phenoxy) is 1. The Morgan fingerprint density at radius 2 is 2.04 bits per heavy atom. The fraction of sp³-hybridized carbons (Fsp3) is 0.467. The van der Waals surface area contributed by atoms with Gasteiger partial charge in [-0.15, -0.1) is 0 Å². The SMILES string of the molecule is CC1(C)C(C(=O)OCc2ccc([N+](=O)[O-])cc2)N2C(=O)C[C@@H]2S1=O. The van der Waals surface area contributed by atoms with Crippen LogP contribution in [0.2, 0.25) is 0 Å². The van der Waals surface area contributed by atoms with Gasteiger partial charge in [0.25, 0.3) is 5.69 Å². The first kappa shape index (κ1) is 16.6. The van der Waals surface area contributed by atoms with E-state index in [1.165, 1.54) is 29.2 Å². The summed E-state index contributed by atoms with van der Waals surface area (Å²) in [5.41, 5.74) is 0.545. The molecule has 3 atom stereocenters. The lowest BCUT2D eigenvalue weighted by Gasteiger charge is -2.36. The molecule has 2 heterocycles. The highest BCUT2D eigenvalue weighted by atomic mass is 32.2. The van der Waals surface area contributed by atoms with Gasteiger partial charge in [-0.2, -0.15) is 0 Å². The predicted molar refractivity (Wildman–Crippen MR) is 84.2 cm³/mol. The van der Waals surface area contributed by atoms with Crippen molar-refractivity contribution >= 4 is 28.4 Å². The fourth-order valence-electron chi connectivity index (χ4n) is 3.03. The number of β-lactam (4-membered cyclic amide) rings is 1. The summed E-state index contributed by atoms with van der Waals surface area (Å²) < 4.78 is 16.8. The summed E-state index contributed by atoms with van der Waals surface area (Å²) in [4.78, 5) is 35.6. The molecule has 1 amide bonds. The van der Waals surface area contributed by atoms with E-state index >= 15 is 0 Å². The van der Waals surface area contributed by atoms with Gasteiger partial charge in [0.2, 0.25) is 5.91 Å². The molecule has 0 saturated carbocycles. The Kier molecular flexibility index (Phi) is 3.90. The molecule has 2 saturated heterocycles. The smallest absolute Gasteiger partial charge is 0.330 e. The molecule has 0 bridgehead atoms. The lowest BCUT2D eigenvalue weighted by Crippen LogP contribution is -2.57. The third kappa shape index (κ3) is 2.48. The van der Waals surface area contributed by atoms with Crippen LogP contribution >= 0.6 is 0 Å². The van der Waals surface area contributed by atoms with E-state index in [4.69, 9.17) is 4.74 Å². The molecule has 0 radical (unpaired) electrons. The number of nitro groups is 1. The topological polar surface area (TPSA) is 107 Å². The molecular formula is C15H16N2O6S. The van der Waals surface area contributed by atoms with Gasteiger partial charge in [-0.1, -0.05) is 0 Å². The van der Waals surface area contributed by atoms with Gasteiger partial charge in [0.15, 0.2) is 0 Å². The molecule has 2 aliphatic rings. The van der Waals surface area contributed by atoms with Gasteiger partial charge in [-0.3, -0.25) is 19.1 Å². The maximum absolute atomic E-state index is 12.4. The zero-order valence-electron chi connectivity index (χ0n) is 13.1. The van der Waals surface area contributed by atoms with Gasteiger partial charge in [-0.25, -0.2) is 4.79 Å². The minimum Gasteiger partial charge on any atom is -0.459 e. The Labute approximate surface area is 140 Å². The fourth-order valence-corrected chi connectivity index (χ4v) is 4.90. The van der Waals surface area contributed by atoms with Crippen molar-refractivity contribution in [2.24, 2.45) is 0 Å². The lowest BCUT2D eigenvalue weighted by molar-refractivity contribution is -0.384. The minimum absolute atomic E-state index is 0.0496. The number of carbonyl (C=O) groups excluding carboxylic acids is 2. The number of nitro benzene ring substituents is 1. The zero-order chi connectivity index (χ0) is 17.6. The predicted octanol–water partition coefficient (Wildman–Crippen LogP) is 1.11. The van der Waals surface area contributed by atoms with Crippen LogP contribution in [0, 0.1) is 10.1 Å². The van der Waals surface area contributed by atoms with Crippen LogP contribution in [-0.2, 0) is 31.7 Å². The van der Waals surface area contributed by atoms with Crippen LogP contribution in [0.1, 0.15) is 25.8 Å². The van der Waals surface area contributed by atoms with Crippen LogP contribution in [0.3, 0.4) is 0 Å². The van der Waals surface area contributed by atoms with Crippen molar-refractivity contribution in [3.05, 3.63) is 39.9 Å². The van der Waals surface area contributed by atoms with E-state index in [0.717, 1.165) is 0 Å². The van der Waals surface area contributed by atoms with Crippen LogP contribution in [0.15, 0.2) is 24.3 Å². The molecule has 2 unspecified atom stereocenters. The van der Waals surface area contributed by atoms with Crippen molar-refractivity contribution in [2.75, 3.05) is 0 Å².